The smallest absolute Gasteiger partial charge is 0.341 e. The van der Waals surface area contributed by atoms with Crippen molar-refractivity contribution in [1.29, 1.82) is 0 Å². The first kappa shape index (κ1) is 25.2. The molecule has 0 bridgehead atoms. The van der Waals surface area contributed by atoms with Gasteiger partial charge in [-0.05, 0) is 45.4 Å². The summed E-state index contributed by atoms with van der Waals surface area (Å²) in [6.07, 6.45) is 1.47. The first-order valence-corrected chi connectivity index (χ1v) is 10.9. The third-order valence-corrected chi connectivity index (χ3v) is 5.31. The maximum Gasteiger partial charge on any atom is 0.341 e. The second-order valence-corrected chi connectivity index (χ2v) is 7.69. The van der Waals surface area contributed by atoms with E-state index in [1.807, 2.05) is 26.0 Å². The van der Waals surface area contributed by atoms with Crippen LogP contribution in [0.15, 0.2) is 29.2 Å². The Balaban J connectivity index is 2.29. The van der Waals surface area contributed by atoms with Crippen LogP contribution in [0.3, 0.4) is 0 Å². The largest absolute Gasteiger partial charge is 0.475 e. The summed E-state index contributed by atoms with van der Waals surface area (Å²) in [5.41, 5.74) is 2.91. The third kappa shape index (κ3) is 5.05. The minimum Gasteiger partial charge on any atom is -0.475 e. The van der Waals surface area contributed by atoms with Crippen molar-refractivity contribution < 1.29 is 28.5 Å². The molecule has 0 aliphatic rings. The summed E-state index contributed by atoms with van der Waals surface area (Å²) in [6, 6.07) is 5.35. The quantitative estimate of drug-likeness (QED) is 0.252. The van der Waals surface area contributed by atoms with Crippen molar-refractivity contribution in [3.8, 4) is 17.3 Å². The average molecular weight is 471 g/mol. The number of aromatic nitrogens is 2. The molecule has 0 atom stereocenters. The Morgan fingerprint density at radius 1 is 1.03 bits per heavy atom. The third-order valence-electron chi connectivity index (χ3n) is 5.31. The van der Waals surface area contributed by atoms with Gasteiger partial charge in [-0.25, -0.2) is 9.78 Å². The fourth-order valence-electron chi connectivity index (χ4n) is 3.70. The van der Waals surface area contributed by atoms with Crippen molar-refractivity contribution in [2.75, 3.05) is 40.8 Å². The van der Waals surface area contributed by atoms with Crippen molar-refractivity contribution in [2.45, 2.75) is 27.7 Å². The molecule has 3 aromatic rings. The molecule has 0 N–H and O–H groups in total. The number of ether oxygens (including phenoxy) is 5. The fourth-order valence-corrected chi connectivity index (χ4v) is 3.70. The lowest BCUT2D eigenvalue weighted by molar-refractivity contribution is 0.0506. The molecule has 9 nitrogen and oxygen atoms in total. The number of methoxy groups -OCH3 is 2. The van der Waals surface area contributed by atoms with Crippen LogP contribution in [0.25, 0.3) is 16.6 Å². The summed E-state index contributed by atoms with van der Waals surface area (Å²) in [5, 5.41) is 0.282. The zero-order valence-electron chi connectivity index (χ0n) is 20.4. The summed E-state index contributed by atoms with van der Waals surface area (Å²) in [5.74, 6) is 0.320. The normalized spacial score (nSPS) is 11.0. The van der Waals surface area contributed by atoms with Crippen molar-refractivity contribution in [2.24, 2.45) is 0 Å². The van der Waals surface area contributed by atoms with Gasteiger partial charge in [0.05, 0.1) is 29.8 Å². The van der Waals surface area contributed by atoms with Crippen LogP contribution in [0.5, 0.6) is 11.6 Å². The van der Waals surface area contributed by atoms with Crippen LogP contribution < -0.4 is 15.0 Å². The van der Waals surface area contributed by atoms with Gasteiger partial charge in [-0.15, -0.1) is 0 Å². The lowest BCUT2D eigenvalue weighted by Gasteiger charge is -2.18. The number of benzene rings is 1. The molecule has 9 heteroatoms. The standard InChI is InChI=1S/C25H30N2O7/c1-7-32-25(29)19-13-27(22-15(2)8-9-20(17(22)4)34-14-31-6)24(28)18-12-16(3)23(26-21(18)19)33-11-10-30-5/h8-9,12-13H,7,10-11,14H2,1-6H3. The van der Waals surface area contributed by atoms with Crippen molar-refractivity contribution in [3.63, 3.8) is 0 Å². The Morgan fingerprint density at radius 3 is 2.47 bits per heavy atom. The molecule has 0 aliphatic heterocycles. The Kier molecular flexibility index (Phi) is 8.25. The van der Waals surface area contributed by atoms with Gasteiger partial charge in [0.1, 0.15) is 17.9 Å². The number of hydrogen-bond acceptors (Lipinski definition) is 8. The number of carbonyl (C=O) groups is 1. The van der Waals surface area contributed by atoms with Gasteiger partial charge >= 0.3 is 5.97 Å². The van der Waals surface area contributed by atoms with Gasteiger partial charge in [-0.3, -0.25) is 9.36 Å². The van der Waals surface area contributed by atoms with Gasteiger partial charge in [0.2, 0.25) is 5.88 Å². The van der Waals surface area contributed by atoms with Crippen LogP contribution in [0.4, 0.5) is 0 Å². The molecule has 34 heavy (non-hydrogen) atoms. The Morgan fingerprint density at radius 2 is 1.79 bits per heavy atom. The van der Waals surface area contributed by atoms with Crippen LogP contribution in [-0.2, 0) is 14.2 Å². The van der Waals surface area contributed by atoms with E-state index >= 15 is 0 Å². The van der Waals surface area contributed by atoms with Gasteiger partial charge in [0.15, 0.2) is 6.79 Å². The minimum atomic E-state index is -0.581. The molecule has 0 unspecified atom stereocenters. The minimum absolute atomic E-state index is 0.0685. The SMILES string of the molecule is CCOC(=O)c1cn(-c2c(C)ccc(OCOC)c2C)c(=O)c2cc(C)c(OCCOC)nc12. The fraction of sp³-hybridized carbons (Fsp3) is 0.400. The van der Waals surface area contributed by atoms with Crippen molar-refractivity contribution in [1.82, 2.24) is 9.55 Å². The van der Waals surface area contributed by atoms with E-state index in [1.165, 1.54) is 17.9 Å². The van der Waals surface area contributed by atoms with E-state index in [-0.39, 0.29) is 42.0 Å². The summed E-state index contributed by atoms with van der Waals surface area (Å²) >= 11 is 0. The topological polar surface area (TPSA) is 98.1 Å². The van der Waals surface area contributed by atoms with Crippen LogP contribution in [0.2, 0.25) is 0 Å². The van der Waals surface area contributed by atoms with Crippen LogP contribution in [0, 0.1) is 20.8 Å². The second kappa shape index (κ2) is 11.1. The van der Waals surface area contributed by atoms with Crippen LogP contribution >= 0.6 is 0 Å². The van der Waals surface area contributed by atoms with E-state index in [4.69, 9.17) is 23.7 Å². The molecule has 1 aromatic carbocycles. The number of aryl methyl sites for hydroxylation is 2. The molecule has 0 amide bonds. The number of carbonyl (C=O) groups excluding carboxylic acids is 1. The van der Waals surface area contributed by atoms with Crippen LogP contribution in [0.1, 0.15) is 34.0 Å². The molecule has 0 saturated carbocycles. The first-order valence-electron chi connectivity index (χ1n) is 10.9. The Bertz CT molecular complexity index is 1250. The monoisotopic (exact) mass is 470 g/mol. The van der Waals surface area contributed by atoms with Gasteiger partial charge < -0.3 is 23.7 Å². The summed E-state index contributed by atoms with van der Waals surface area (Å²) in [6.45, 7) is 8.17. The molecular formula is C25H30N2O7. The number of rotatable bonds is 10. The maximum absolute atomic E-state index is 13.7. The molecule has 0 spiro atoms. The molecular weight excluding hydrogens is 440 g/mol. The molecule has 182 valence electrons. The highest BCUT2D eigenvalue weighted by molar-refractivity contribution is 6.02. The second-order valence-electron chi connectivity index (χ2n) is 7.69. The number of nitrogens with zero attached hydrogens (tertiary/aromatic N) is 2. The lowest BCUT2D eigenvalue weighted by atomic mass is 10.1. The summed E-state index contributed by atoms with van der Waals surface area (Å²) in [4.78, 5) is 31.1. The lowest BCUT2D eigenvalue weighted by Crippen LogP contribution is -2.24. The maximum atomic E-state index is 13.7. The van der Waals surface area contributed by atoms with Crippen molar-refractivity contribution >= 4 is 16.9 Å². The van der Waals surface area contributed by atoms with Gasteiger partial charge in [-0.2, -0.15) is 0 Å². The van der Waals surface area contributed by atoms with E-state index in [1.54, 1.807) is 27.0 Å². The van der Waals surface area contributed by atoms with Gasteiger partial charge in [-0.1, -0.05) is 6.07 Å². The molecule has 0 aliphatic carbocycles. The molecule has 0 radical (unpaired) electrons. The van der Waals surface area contributed by atoms with Crippen LogP contribution in [-0.4, -0.2) is 56.4 Å². The highest BCUT2D eigenvalue weighted by Crippen LogP contribution is 2.29. The summed E-state index contributed by atoms with van der Waals surface area (Å²) in [7, 11) is 3.11. The van der Waals surface area contributed by atoms with Gasteiger partial charge in [0.25, 0.3) is 5.56 Å². The Labute approximate surface area is 198 Å². The van der Waals surface area contributed by atoms with E-state index in [9.17, 15) is 9.59 Å². The zero-order valence-corrected chi connectivity index (χ0v) is 20.4. The number of hydrogen-bond donors (Lipinski definition) is 0. The zero-order chi connectivity index (χ0) is 24.8. The van der Waals surface area contributed by atoms with Crippen molar-refractivity contribution in [3.05, 3.63) is 57.0 Å². The molecule has 0 fully saturated rings. The molecule has 2 heterocycles. The van der Waals surface area contributed by atoms with E-state index in [0.29, 0.717) is 29.5 Å². The molecule has 3 rings (SSSR count). The van der Waals surface area contributed by atoms with Gasteiger partial charge in [0, 0.05) is 31.5 Å². The predicted molar refractivity (Wildman–Crippen MR) is 127 cm³/mol. The van der Waals surface area contributed by atoms with E-state index < -0.39 is 5.97 Å². The molecule has 0 saturated heterocycles. The summed E-state index contributed by atoms with van der Waals surface area (Å²) < 4.78 is 28.1. The van der Waals surface area contributed by atoms with E-state index in [0.717, 1.165) is 11.1 Å². The van der Waals surface area contributed by atoms with E-state index in [2.05, 4.69) is 4.98 Å². The number of pyridine rings is 2. The highest BCUT2D eigenvalue weighted by atomic mass is 16.7. The highest BCUT2D eigenvalue weighted by Gasteiger charge is 2.22. The number of fused-ring (bicyclic) bond motifs is 1. The number of esters is 1. The predicted octanol–water partition coefficient (Wildman–Crippen LogP) is 3.50. The first-order chi connectivity index (χ1) is 16.3. The Hall–Kier alpha value is -3.43. The molecule has 2 aromatic heterocycles. The average Bonchev–Trinajstić information content (AvgIpc) is 2.81.